The van der Waals surface area contributed by atoms with Crippen molar-refractivity contribution in [3.05, 3.63) is 24.0 Å². The van der Waals surface area contributed by atoms with E-state index in [0.29, 0.717) is 0 Å². The summed E-state index contributed by atoms with van der Waals surface area (Å²) in [4.78, 5) is 4.49. The van der Waals surface area contributed by atoms with Crippen molar-refractivity contribution in [3.63, 3.8) is 0 Å². The summed E-state index contributed by atoms with van der Waals surface area (Å²) in [6.07, 6.45) is 0. The van der Waals surface area contributed by atoms with Crippen LogP contribution in [0.4, 0.5) is 5.69 Å². The van der Waals surface area contributed by atoms with Crippen LogP contribution in [0, 0.1) is 6.92 Å². The number of imidazole rings is 1. The van der Waals surface area contributed by atoms with Crippen LogP contribution in [0.3, 0.4) is 0 Å². The molecule has 14 heavy (non-hydrogen) atoms. The Morgan fingerprint density at radius 2 is 2.21 bits per heavy atom. The topological polar surface area (TPSA) is 29.9 Å². The van der Waals surface area contributed by atoms with Crippen molar-refractivity contribution in [1.82, 2.24) is 9.55 Å². The van der Waals surface area contributed by atoms with Crippen molar-refractivity contribution in [2.45, 2.75) is 20.4 Å². The Bertz CT molecular complexity index is 457. The van der Waals surface area contributed by atoms with E-state index in [-0.39, 0.29) is 0 Å². The zero-order chi connectivity index (χ0) is 10.1. The van der Waals surface area contributed by atoms with Gasteiger partial charge in [0.15, 0.2) is 0 Å². The van der Waals surface area contributed by atoms with Crippen LogP contribution in [0.15, 0.2) is 18.2 Å². The van der Waals surface area contributed by atoms with Crippen LogP contribution < -0.4 is 5.32 Å². The maximum atomic E-state index is 4.49. The Hall–Kier alpha value is -1.51. The number of benzene rings is 1. The molecule has 0 radical (unpaired) electrons. The van der Waals surface area contributed by atoms with Gasteiger partial charge in [-0.15, -0.1) is 0 Å². The highest BCUT2D eigenvalue weighted by Crippen LogP contribution is 2.19. The number of hydrogen-bond donors (Lipinski definition) is 1. The zero-order valence-corrected chi connectivity index (χ0v) is 8.83. The van der Waals surface area contributed by atoms with E-state index in [0.717, 1.165) is 23.6 Å². The minimum Gasteiger partial charge on any atom is -0.388 e. The molecule has 0 atom stereocenters. The first-order valence-electron chi connectivity index (χ1n) is 4.91. The molecule has 0 bridgehead atoms. The highest BCUT2D eigenvalue weighted by Gasteiger charge is 2.05. The number of anilines is 1. The molecule has 0 aliphatic heterocycles. The van der Waals surface area contributed by atoms with E-state index in [1.165, 1.54) is 5.52 Å². The smallest absolute Gasteiger partial charge is 0.106 e. The molecule has 0 saturated heterocycles. The number of fused-ring (bicyclic) bond motifs is 1. The second-order valence-corrected chi connectivity index (χ2v) is 3.36. The molecule has 1 N–H and O–H groups in total. The molecule has 0 fully saturated rings. The first-order chi connectivity index (χ1) is 6.76. The average molecular weight is 189 g/mol. The second kappa shape index (κ2) is 3.33. The number of rotatable bonds is 2. The van der Waals surface area contributed by atoms with Crippen LogP contribution in [-0.4, -0.2) is 16.6 Å². The monoisotopic (exact) mass is 189 g/mol. The zero-order valence-electron chi connectivity index (χ0n) is 8.83. The maximum Gasteiger partial charge on any atom is 0.106 e. The highest BCUT2D eigenvalue weighted by molar-refractivity contribution is 5.80. The SMILES string of the molecule is CCn1c(C)nc2ccc(NC)cc21. The lowest BCUT2D eigenvalue weighted by Gasteiger charge is -2.03. The Kier molecular flexibility index (Phi) is 2.15. The lowest BCUT2D eigenvalue weighted by atomic mass is 10.3. The summed E-state index contributed by atoms with van der Waals surface area (Å²) >= 11 is 0. The Morgan fingerprint density at radius 1 is 1.43 bits per heavy atom. The predicted molar refractivity (Wildman–Crippen MR) is 59.7 cm³/mol. The summed E-state index contributed by atoms with van der Waals surface area (Å²) in [5.41, 5.74) is 3.41. The standard InChI is InChI=1S/C11H15N3/c1-4-14-8(2)13-10-6-5-9(12-3)7-11(10)14/h5-7,12H,4H2,1-3H3. The number of aryl methyl sites for hydroxylation is 2. The average Bonchev–Trinajstić information content (AvgIpc) is 2.52. The quantitative estimate of drug-likeness (QED) is 0.786. The molecule has 0 saturated carbocycles. The maximum absolute atomic E-state index is 4.49. The lowest BCUT2D eigenvalue weighted by Crippen LogP contribution is -1.96. The van der Waals surface area contributed by atoms with E-state index >= 15 is 0 Å². The Labute approximate surface area is 83.8 Å². The van der Waals surface area contributed by atoms with Gasteiger partial charge in [-0.2, -0.15) is 0 Å². The Morgan fingerprint density at radius 3 is 2.86 bits per heavy atom. The third kappa shape index (κ3) is 1.25. The van der Waals surface area contributed by atoms with Crippen LogP contribution in [-0.2, 0) is 6.54 Å². The number of nitrogens with zero attached hydrogens (tertiary/aromatic N) is 2. The van der Waals surface area contributed by atoms with Crippen molar-refractivity contribution < 1.29 is 0 Å². The summed E-state index contributed by atoms with van der Waals surface area (Å²) in [6.45, 7) is 5.15. The largest absolute Gasteiger partial charge is 0.388 e. The van der Waals surface area contributed by atoms with E-state index in [1.807, 2.05) is 14.0 Å². The molecule has 0 aliphatic rings. The van der Waals surface area contributed by atoms with E-state index < -0.39 is 0 Å². The summed E-state index contributed by atoms with van der Waals surface area (Å²) in [5.74, 6) is 1.08. The molecule has 0 unspecified atom stereocenters. The van der Waals surface area contributed by atoms with Crippen molar-refractivity contribution in [2.24, 2.45) is 0 Å². The molecule has 0 spiro atoms. The molecular formula is C11H15N3. The normalized spacial score (nSPS) is 10.8. The van der Waals surface area contributed by atoms with Gasteiger partial charge in [-0.05, 0) is 32.0 Å². The van der Waals surface area contributed by atoms with Crippen molar-refractivity contribution >= 4 is 16.7 Å². The first kappa shape index (κ1) is 9.06. The molecule has 74 valence electrons. The number of nitrogens with one attached hydrogen (secondary N) is 1. The molecule has 1 aromatic carbocycles. The minimum absolute atomic E-state index is 0.968. The molecule has 1 heterocycles. The molecule has 1 aromatic heterocycles. The van der Waals surface area contributed by atoms with Gasteiger partial charge in [-0.3, -0.25) is 0 Å². The van der Waals surface area contributed by atoms with Crippen LogP contribution in [0.25, 0.3) is 11.0 Å². The first-order valence-corrected chi connectivity index (χ1v) is 4.91. The molecule has 3 heteroatoms. The molecule has 0 aliphatic carbocycles. The van der Waals surface area contributed by atoms with E-state index in [1.54, 1.807) is 0 Å². The lowest BCUT2D eigenvalue weighted by molar-refractivity contribution is 0.753. The van der Waals surface area contributed by atoms with Gasteiger partial charge in [0.2, 0.25) is 0 Å². The van der Waals surface area contributed by atoms with Gasteiger partial charge in [0.05, 0.1) is 11.0 Å². The van der Waals surface area contributed by atoms with E-state index in [2.05, 4.69) is 40.0 Å². The van der Waals surface area contributed by atoms with Gasteiger partial charge in [0, 0.05) is 19.3 Å². The van der Waals surface area contributed by atoms with Gasteiger partial charge < -0.3 is 9.88 Å². The van der Waals surface area contributed by atoms with Crippen LogP contribution in [0.1, 0.15) is 12.7 Å². The van der Waals surface area contributed by atoms with Crippen molar-refractivity contribution in [3.8, 4) is 0 Å². The van der Waals surface area contributed by atoms with Gasteiger partial charge in [-0.25, -0.2) is 4.98 Å². The highest BCUT2D eigenvalue weighted by atomic mass is 15.1. The summed E-state index contributed by atoms with van der Waals surface area (Å²) in [6, 6.07) is 6.24. The minimum atomic E-state index is 0.968. The fraction of sp³-hybridized carbons (Fsp3) is 0.364. The van der Waals surface area contributed by atoms with Gasteiger partial charge in [0.25, 0.3) is 0 Å². The van der Waals surface area contributed by atoms with Gasteiger partial charge >= 0.3 is 0 Å². The number of aromatic nitrogens is 2. The Balaban J connectivity index is 2.71. The van der Waals surface area contributed by atoms with Gasteiger partial charge in [-0.1, -0.05) is 0 Å². The predicted octanol–water partition coefficient (Wildman–Crippen LogP) is 2.41. The fourth-order valence-corrected chi connectivity index (χ4v) is 1.80. The molecular weight excluding hydrogens is 174 g/mol. The molecule has 0 amide bonds. The van der Waals surface area contributed by atoms with Crippen LogP contribution in [0.2, 0.25) is 0 Å². The van der Waals surface area contributed by atoms with E-state index in [9.17, 15) is 0 Å². The number of hydrogen-bond acceptors (Lipinski definition) is 2. The summed E-state index contributed by atoms with van der Waals surface area (Å²) in [7, 11) is 1.93. The molecule has 3 nitrogen and oxygen atoms in total. The third-order valence-corrected chi connectivity index (χ3v) is 2.54. The van der Waals surface area contributed by atoms with Gasteiger partial charge in [0.1, 0.15) is 5.82 Å². The van der Waals surface area contributed by atoms with E-state index in [4.69, 9.17) is 0 Å². The molecule has 2 aromatic rings. The summed E-state index contributed by atoms with van der Waals surface area (Å²) < 4.78 is 2.22. The summed E-state index contributed by atoms with van der Waals surface area (Å²) in [5, 5.41) is 3.14. The molecule has 2 rings (SSSR count). The fourth-order valence-electron chi connectivity index (χ4n) is 1.80. The van der Waals surface area contributed by atoms with Crippen molar-refractivity contribution in [1.29, 1.82) is 0 Å². The second-order valence-electron chi connectivity index (χ2n) is 3.36. The van der Waals surface area contributed by atoms with Crippen molar-refractivity contribution in [2.75, 3.05) is 12.4 Å². The van der Waals surface area contributed by atoms with Crippen LogP contribution >= 0.6 is 0 Å². The third-order valence-electron chi connectivity index (χ3n) is 2.54. The van der Waals surface area contributed by atoms with Crippen LogP contribution in [0.5, 0.6) is 0 Å².